The number of nitriles is 1. The van der Waals surface area contributed by atoms with Gasteiger partial charge in [-0.15, -0.1) is 0 Å². The molecule has 1 amide bonds. The number of esters is 1. The van der Waals surface area contributed by atoms with E-state index in [1.807, 2.05) is 13.0 Å². The Morgan fingerprint density at radius 1 is 1.13 bits per heavy atom. The van der Waals surface area contributed by atoms with E-state index in [9.17, 15) is 9.59 Å². The summed E-state index contributed by atoms with van der Waals surface area (Å²) in [7, 11) is 0. The predicted octanol–water partition coefficient (Wildman–Crippen LogP) is 3.05. The van der Waals surface area contributed by atoms with E-state index in [1.165, 1.54) is 6.92 Å². The van der Waals surface area contributed by atoms with Crippen molar-refractivity contribution in [3.8, 4) is 6.07 Å². The van der Waals surface area contributed by atoms with Gasteiger partial charge in [0.15, 0.2) is 6.10 Å². The SMILES string of the molecule is Cc1ccc(C(=O)O[C@@H](C)C(=O)Nc2ccccc2C#N)cc1. The quantitative estimate of drug-likeness (QED) is 0.880. The Labute approximate surface area is 134 Å². The van der Waals surface area contributed by atoms with Crippen molar-refractivity contribution < 1.29 is 14.3 Å². The Kier molecular flexibility index (Phi) is 5.11. The van der Waals surface area contributed by atoms with E-state index in [0.29, 0.717) is 16.8 Å². The highest BCUT2D eigenvalue weighted by Crippen LogP contribution is 2.14. The second kappa shape index (κ2) is 7.23. The molecule has 0 spiro atoms. The fourth-order valence-electron chi connectivity index (χ4n) is 1.90. The normalized spacial score (nSPS) is 11.2. The van der Waals surface area contributed by atoms with Gasteiger partial charge in [-0.1, -0.05) is 29.8 Å². The highest BCUT2D eigenvalue weighted by molar-refractivity contribution is 5.98. The molecule has 0 radical (unpaired) electrons. The van der Waals surface area contributed by atoms with Crippen LogP contribution in [0.25, 0.3) is 0 Å². The maximum absolute atomic E-state index is 12.1. The van der Waals surface area contributed by atoms with E-state index >= 15 is 0 Å². The van der Waals surface area contributed by atoms with Gasteiger partial charge in [-0.2, -0.15) is 5.26 Å². The van der Waals surface area contributed by atoms with Crippen LogP contribution in [0.2, 0.25) is 0 Å². The van der Waals surface area contributed by atoms with Gasteiger partial charge >= 0.3 is 5.97 Å². The van der Waals surface area contributed by atoms with E-state index in [4.69, 9.17) is 10.00 Å². The first-order chi connectivity index (χ1) is 11.0. The standard InChI is InChI=1S/C18H16N2O3/c1-12-7-9-14(10-8-12)18(22)23-13(2)17(21)20-16-6-4-3-5-15(16)11-19/h3-10,13H,1-2H3,(H,20,21)/t13-/m0/s1. The lowest BCUT2D eigenvalue weighted by Crippen LogP contribution is -2.30. The number of hydrogen-bond acceptors (Lipinski definition) is 4. The van der Waals surface area contributed by atoms with E-state index < -0.39 is 18.0 Å². The lowest BCUT2D eigenvalue weighted by atomic mass is 10.1. The second-order valence-electron chi connectivity index (χ2n) is 5.06. The van der Waals surface area contributed by atoms with Crippen LogP contribution >= 0.6 is 0 Å². The first-order valence-corrected chi connectivity index (χ1v) is 7.09. The van der Waals surface area contributed by atoms with E-state index in [-0.39, 0.29) is 0 Å². The lowest BCUT2D eigenvalue weighted by Gasteiger charge is -2.14. The van der Waals surface area contributed by atoms with Gasteiger partial charge < -0.3 is 10.1 Å². The predicted molar refractivity (Wildman–Crippen MR) is 85.8 cm³/mol. The molecule has 0 aliphatic rings. The van der Waals surface area contributed by atoms with Crippen molar-refractivity contribution in [2.75, 3.05) is 5.32 Å². The molecular weight excluding hydrogens is 292 g/mol. The summed E-state index contributed by atoms with van der Waals surface area (Å²) in [6.45, 7) is 3.40. The molecule has 2 aromatic carbocycles. The van der Waals surface area contributed by atoms with Crippen LogP contribution in [0.4, 0.5) is 5.69 Å². The van der Waals surface area contributed by atoms with E-state index in [1.54, 1.807) is 48.5 Å². The highest BCUT2D eigenvalue weighted by atomic mass is 16.5. The van der Waals surface area contributed by atoms with E-state index in [0.717, 1.165) is 5.56 Å². The van der Waals surface area contributed by atoms with Crippen LogP contribution in [0.1, 0.15) is 28.4 Å². The minimum Gasteiger partial charge on any atom is -0.449 e. The van der Waals surface area contributed by atoms with Gasteiger partial charge in [0.25, 0.3) is 5.91 Å². The third-order valence-electron chi connectivity index (χ3n) is 3.25. The Balaban J connectivity index is 2.01. The van der Waals surface area contributed by atoms with E-state index in [2.05, 4.69) is 5.32 Å². The maximum Gasteiger partial charge on any atom is 0.338 e. The van der Waals surface area contributed by atoms with Gasteiger partial charge in [0.05, 0.1) is 16.8 Å². The van der Waals surface area contributed by atoms with Crippen LogP contribution in [0.5, 0.6) is 0 Å². The Hall–Kier alpha value is -3.13. The number of carbonyl (C=O) groups excluding carboxylic acids is 2. The van der Waals surface area contributed by atoms with Crippen molar-refractivity contribution in [1.82, 2.24) is 0 Å². The van der Waals surface area contributed by atoms with Crippen LogP contribution < -0.4 is 5.32 Å². The van der Waals surface area contributed by atoms with Gasteiger partial charge in [-0.3, -0.25) is 4.79 Å². The summed E-state index contributed by atoms with van der Waals surface area (Å²) in [4.78, 5) is 24.1. The minimum absolute atomic E-state index is 0.345. The first-order valence-electron chi connectivity index (χ1n) is 7.09. The average molecular weight is 308 g/mol. The molecule has 0 aliphatic heterocycles. The summed E-state index contributed by atoms with van der Waals surface area (Å²) in [5.74, 6) is -1.06. The molecule has 0 unspecified atom stereocenters. The number of nitrogens with zero attached hydrogens (tertiary/aromatic N) is 1. The van der Waals surface area contributed by atoms with Crippen LogP contribution in [-0.2, 0) is 9.53 Å². The van der Waals surface area contributed by atoms with Crippen molar-refractivity contribution >= 4 is 17.6 Å². The summed E-state index contributed by atoms with van der Waals surface area (Å²) < 4.78 is 5.15. The molecule has 0 aromatic heterocycles. The van der Waals surface area contributed by atoms with Crippen molar-refractivity contribution in [1.29, 1.82) is 5.26 Å². The van der Waals surface area contributed by atoms with Crippen molar-refractivity contribution in [3.05, 3.63) is 65.2 Å². The summed E-state index contributed by atoms with van der Waals surface area (Å²) in [5.41, 5.74) is 2.14. The summed E-state index contributed by atoms with van der Waals surface area (Å²) in [6.07, 6.45) is -0.976. The Bertz CT molecular complexity index is 761. The number of ether oxygens (including phenoxy) is 1. The molecular formula is C18H16N2O3. The topological polar surface area (TPSA) is 79.2 Å². The molecule has 5 heteroatoms. The van der Waals surface area contributed by atoms with Gasteiger partial charge in [-0.05, 0) is 38.1 Å². The third kappa shape index (κ3) is 4.17. The lowest BCUT2D eigenvalue weighted by molar-refractivity contribution is -0.123. The molecule has 1 atom stereocenters. The van der Waals surface area contributed by atoms with Crippen molar-refractivity contribution in [3.63, 3.8) is 0 Å². The number of nitrogens with one attached hydrogen (secondary N) is 1. The molecule has 0 heterocycles. The zero-order valence-corrected chi connectivity index (χ0v) is 12.9. The summed E-state index contributed by atoms with van der Waals surface area (Å²) >= 11 is 0. The van der Waals surface area contributed by atoms with Crippen LogP contribution in [0.15, 0.2) is 48.5 Å². The number of para-hydroxylation sites is 1. The van der Waals surface area contributed by atoms with Crippen LogP contribution in [-0.4, -0.2) is 18.0 Å². The number of benzene rings is 2. The summed E-state index contributed by atoms with van der Waals surface area (Å²) in [5, 5.41) is 11.6. The number of amides is 1. The van der Waals surface area contributed by atoms with Gasteiger partial charge in [0.2, 0.25) is 0 Å². The molecule has 23 heavy (non-hydrogen) atoms. The van der Waals surface area contributed by atoms with Crippen molar-refractivity contribution in [2.45, 2.75) is 20.0 Å². The van der Waals surface area contributed by atoms with Crippen LogP contribution in [0, 0.1) is 18.3 Å². The molecule has 2 aromatic rings. The number of hydrogen-bond donors (Lipinski definition) is 1. The molecule has 1 N–H and O–H groups in total. The van der Waals surface area contributed by atoms with Crippen molar-refractivity contribution in [2.24, 2.45) is 0 Å². The Morgan fingerprint density at radius 3 is 2.43 bits per heavy atom. The average Bonchev–Trinajstić information content (AvgIpc) is 2.55. The first kappa shape index (κ1) is 16.2. The maximum atomic E-state index is 12.1. The highest BCUT2D eigenvalue weighted by Gasteiger charge is 2.19. The number of carbonyl (C=O) groups is 2. The fraction of sp³-hybridized carbons (Fsp3) is 0.167. The monoisotopic (exact) mass is 308 g/mol. The smallest absolute Gasteiger partial charge is 0.338 e. The molecule has 0 bridgehead atoms. The molecule has 0 aliphatic carbocycles. The number of aryl methyl sites for hydroxylation is 1. The zero-order chi connectivity index (χ0) is 16.8. The van der Waals surface area contributed by atoms with Gasteiger partial charge in [0, 0.05) is 0 Å². The summed E-state index contributed by atoms with van der Waals surface area (Å²) in [6, 6.07) is 15.5. The fourth-order valence-corrected chi connectivity index (χ4v) is 1.90. The van der Waals surface area contributed by atoms with Crippen LogP contribution in [0.3, 0.4) is 0 Å². The molecule has 0 saturated heterocycles. The molecule has 0 saturated carbocycles. The third-order valence-corrected chi connectivity index (χ3v) is 3.25. The molecule has 116 valence electrons. The zero-order valence-electron chi connectivity index (χ0n) is 12.9. The number of rotatable bonds is 4. The molecule has 2 rings (SSSR count). The minimum atomic E-state index is -0.976. The number of anilines is 1. The largest absolute Gasteiger partial charge is 0.449 e. The molecule has 0 fully saturated rings. The van der Waals surface area contributed by atoms with Gasteiger partial charge in [0.1, 0.15) is 6.07 Å². The Morgan fingerprint density at radius 2 is 1.78 bits per heavy atom. The van der Waals surface area contributed by atoms with Gasteiger partial charge in [-0.25, -0.2) is 4.79 Å². The second-order valence-corrected chi connectivity index (χ2v) is 5.06. The molecule has 5 nitrogen and oxygen atoms in total.